The minimum Gasteiger partial charge on any atom is -0.495 e. The first kappa shape index (κ1) is 20.8. The van der Waals surface area contributed by atoms with Gasteiger partial charge in [-0.2, -0.15) is 5.10 Å². The zero-order chi connectivity index (χ0) is 21.5. The van der Waals surface area contributed by atoms with Crippen molar-refractivity contribution in [1.29, 1.82) is 0 Å². The highest BCUT2D eigenvalue weighted by Crippen LogP contribution is 2.30. The van der Waals surface area contributed by atoms with Crippen LogP contribution in [0.4, 0.5) is 17.1 Å². The molecule has 0 spiro atoms. The van der Waals surface area contributed by atoms with Crippen LogP contribution in [-0.2, 0) is 0 Å². The van der Waals surface area contributed by atoms with Crippen molar-refractivity contribution in [2.24, 2.45) is 5.10 Å². The third kappa shape index (κ3) is 5.12. The topological polar surface area (TPSA) is 106 Å². The Bertz CT molecular complexity index is 1120. The smallest absolute Gasteiger partial charge is 0.273 e. The van der Waals surface area contributed by atoms with Crippen LogP contribution in [0.5, 0.6) is 5.75 Å². The molecule has 1 amide bonds. The van der Waals surface area contributed by atoms with Crippen molar-refractivity contribution in [1.82, 2.24) is 5.43 Å². The molecule has 152 valence electrons. The summed E-state index contributed by atoms with van der Waals surface area (Å²) in [6.45, 7) is 0. The molecule has 9 heteroatoms. The average Bonchev–Trinajstić information content (AvgIpc) is 2.74. The van der Waals surface area contributed by atoms with Crippen LogP contribution in [0.1, 0.15) is 15.9 Å². The third-order valence-corrected chi connectivity index (χ3v) is 4.30. The molecular weight excluding hydrogens is 408 g/mol. The summed E-state index contributed by atoms with van der Waals surface area (Å²) in [6.07, 6.45) is 1.33. The number of methoxy groups -OCH3 is 1. The Labute approximate surface area is 177 Å². The molecule has 0 saturated heterocycles. The molecule has 0 aliphatic heterocycles. The first-order chi connectivity index (χ1) is 14.5. The van der Waals surface area contributed by atoms with Crippen LogP contribution in [0.25, 0.3) is 0 Å². The molecule has 3 aromatic rings. The van der Waals surface area contributed by atoms with E-state index in [2.05, 4.69) is 15.8 Å². The van der Waals surface area contributed by atoms with E-state index in [0.717, 1.165) is 0 Å². The number of nitro groups is 1. The Morgan fingerprint density at radius 1 is 1.10 bits per heavy atom. The number of para-hydroxylation sites is 2. The molecule has 0 atom stereocenters. The van der Waals surface area contributed by atoms with Gasteiger partial charge < -0.3 is 10.1 Å². The summed E-state index contributed by atoms with van der Waals surface area (Å²) in [7, 11) is 1.55. The van der Waals surface area contributed by atoms with Gasteiger partial charge in [0.2, 0.25) is 0 Å². The number of hydrogen-bond donors (Lipinski definition) is 2. The van der Waals surface area contributed by atoms with Gasteiger partial charge in [-0.15, -0.1) is 0 Å². The lowest BCUT2D eigenvalue weighted by Gasteiger charge is -2.14. The number of nitro benzene ring substituents is 1. The number of benzene rings is 3. The second kappa shape index (κ2) is 9.53. The summed E-state index contributed by atoms with van der Waals surface area (Å²) >= 11 is 6.10. The van der Waals surface area contributed by atoms with Crippen LogP contribution >= 0.6 is 11.6 Å². The van der Waals surface area contributed by atoms with Crippen LogP contribution in [0.3, 0.4) is 0 Å². The van der Waals surface area contributed by atoms with Crippen LogP contribution in [0.15, 0.2) is 71.8 Å². The van der Waals surface area contributed by atoms with Crippen LogP contribution < -0.4 is 15.5 Å². The van der Waals surface area contributed by atoms with E-state index in [1.807, 2.05) is 18.2 Å². The molecule has 3 aromatic carbocycles. The van der Waals surface area contributed by atoms with E-state index in [4.69, 9.17) is 16.3 Å². The monoisotopic (exact) mass is 424 g/mol. The van der Waals surface area contributed by atoms with Gasteiger partial charge >= 0.3 is 0 Å². The second-order valence-electron chi connectivity index (χ2n) is 6.07. The Balaban J connectivity index is 1.79. The minimum atomic E-state index is -0.501. The fourth-order valence-electron chi connectivity index (χ4n) is 2.66. The predicted octanol–water partition coefficient (Wildman–Crippen LogP) is 4.76. The summed E-state index contributed by atoms with van der Waals surface area (Å²) in [4.78, 5) is 23.0. The van der Waals surface area contributed by atoms with Crippen LogP contribution in [-0.4, -0.2) is 24.2 Å². The highest BCUT2D eigenvalue weighted by molar-refractivity contribution is 6.31. The molecule has 0 aliphatic carbocycles. The zero-order valence-corrected chi connectivity index (χ0v) is 16.6. The summed E-state index contributed by atoms with van der Waals surface area (Å²) in [5.74, 6) is 0.123. The molecule has 0 fully saturated rings. The Kier molecular flexibility index (Phi) is 6.61. The molecule has 0 unspecified atom stereocenters. The van der Waals surface area contributed by atoms with Gasteiger partial charge in [-0.25, -0.2) is 5.43 Å². The first-order valence-electron chi connectivity index (χ1n) is 8.75. The number of hydrazone groups is 1. The highest BCUT2D eigenvalue weighted by Gasteiger charge is 2.13. The van der Waals surface area contributed by atoms with Gasteiger partial charge in [0.15, 0.2) is 0 Å². The summed E-state index contributed by atoms with van der Waals surface area (Å²) in [5, 5.41) is 18.3. The number of halogens is 1. The fourth-order valence-corrected chi connectivity index (χ4v) is 2.83. The molecule has 0 radical (unpaired) electrons. The fraction of sp³-hybridized carbons (Fsp3) is 0.0476. The minimum absolute atomic E-state index is 0.0636. The van der Waals surface area contributed by atoms with Gasteiger partial charge in [0, 0.05) is 22.7 Å². The Hall–Kier alpha value is -3.91. The van der Waals surface area contributed by atoms with Crippen molar-refractivity contribution in [3.05, 3.63) is 93.0 Å². The van der Waals surface area contributed by atoms with Gasteiger partial charge in [-0.05, 0) is 30.3 Å². The van der Waals surface area contributed by atoms with Crippen molar-refractivity contribution < 1.29 is 14.5 Å². The molecule has 8 nitrogen and oxygen atoms in total. The van der Waals surface area contributed by atoms with Crippen molar-refractivity contribution in [2.45, 2.75) is 0 Å². The Morgan fingerprint density at radius 3 is 2.67 bits per heavy atom. The van der Waals surface area contributed by atoms with Crippen molar-refractivity contribution in [2.75, 3.05) is 12.4 Å². The quantitative estimate of drug-likeness (QED) is 0.323. The summed E-state index contributed by atoms with van der Waals surface area (Å²) in [5.41, 5.74) is 4.27. The van der Waals surface area contributed by atoms with Gasteiger partial charge in [0.25, 0.3) is 11.6 Å². The molecular formula is C21H17ClN4O4. The molecule has 30 heavy (non-hydrogen) atoms. The van der Waals surface area contributed by atoms with E-state index in [0.29, 0.717) is 33.3 Å². The van der Waals surface area contributed by atoms with Crippen molar-refractivity contribution in [3.63, 3.8) is 0 Å². The number of nitrogens with one attached hydrogen (secondary N) is 2. The molecule has 0 aromatic heterocycles. The van der Waals surface area contributed by atoms with E-state index < -0.39 is 10.8 Å². The maximum absolute atomic E-state index is 12.6. The standard InChI is InChI=1S/C21H17ClN4O4/c1-30-20-8-3-2-7-18(20)24-19-12-15(22)9-10-17(19)21(27)25-23-13-14-5-4-6-16(11-14)26(28)29/h2-13,24H,1H3,(H,25,27)/b23-13+. The number of non-ortho nitro benzene ring substituents is 1. The van der Waals surface area contributed by atoms with E-state index in [1.54, 1.807) is 37.4 Å². The number of ether oxygens (including phenoxy) is 1. The Morgan fingerprint density at radius 2 is 1.90 bits per heavy atom. The van der Waals surface area contributed by atoms with Crippen LogP contribution in [0.2, 0.25) is 5.02 Å². The maximum atomic E-state index is 12.6. The normalized spacial score (nSPS) is 10.6. The van der Waals surface area contributed by atoms with E-state index >= 15 is 0 Å². The maximum Gasteiger partial charge on any atom is 0.273 e. The zero-order valence-electron chi connectivity index (χ0n) is 15.8. The number of rotatable bonds is 7. The third-order valence-electron chi connectivity index (χ3n) is 4.06. The molecule has 0 saturated carbocycles. The predicted molar refractivity (Wildman–Crippen MR) is 116 cm³/mol. The van der Waals surface area contributed by atoms with Crippen molar-refractivity contribution in [3.8, 4) is 5.75 Å². The first-order valence-corrected chi connectivity index (χ1v) is 9.13. The molecule has 0 aliphatic rings. The van der Waals surface area contributed by atoms with Gasteiger partial charge in [0.05, 0.1) is 35.2 Å². The van der Waals surface area contributed by atoms with Crippen LogP contribution in [0, 0.1) is 10.1 Å². The lowest BCUT2D eigenvalue weighted by molar-refractivity contribution is -0.384. The molecule has 0 heterocycles. The van der Waals surface area contributed by atoms with E-state index in [1.165, 1.54) is 24.4 Å². The number of carbonyl (C=O) groups is 1. The molecule has 0 bridgehead atoms. The summed E-state index contributed by atoms with van der Waals surface area (Å²) in [6, 6.07) is 17.9. The lowest BCUT2D eigenvalue weighted by atomic mass is 10.1. The van der Waals surface area contributed by atoms with E-state index in [-0.39, 0.29) is 5.69 Å². The average molecular weight is 425 g/mol. The highest BCUT2D eigenvalue weighted by atomic mass is 35.5. The number of carbonyl (C=O) groups excluding carboxylic acids is 1. The number of anilines is 2. The second-order valence-corrected chi connectivity index (χ2v) is 6.50. The number of nitrogens with zero attached hydrogens (tertiary/aromatic N) is 2. The van der Waals surface area contributed by atoms with Gasteiger partial charge in [0.1, 0.15) is 5.75 Å². The number of amides is 1. The summed E-state index contributed by atoms with van der Waals surface area (Å²) < 4.78 is 5.32. The van der Waals surface area contributed by atoms with E-state index in [9.17, 15) is 14.9 Å². The number of hydrogen-bond acceptors (Lipinski definition) is 6. The largest absolute Gasteiger partial charge is 0.495 e. The molecule has 2 N–H and O–H groups in total. The van der Waals surface area contributed by atoms with Gasteiger partial charge in [-0.3, -0.25) is 14.9 Å². The SMILES string of the molecule is COc1ccccc1Nc1cc(Cl)ccc1C(=O)N/N=C/c1cccc([N+](=O)[O-])c1. The van der Waals surface area contributed by atoms with Crippen molar-refractivity contribution >= 4 is 40.8 Å². The molecule has 3 rings (SSSR count). The van der Waals surface area contributed by atoms with Gasteiger partial charge in [-0.1, -0.05) is 35.9 Å². The lowest BCUT2D eigenvalue weighted by Crippen LogP contribution is -2.19.